The average Bonchev–Trinajstić information content (AvgIpc) is 2.56. The second kappa shape index (κ2) is 6.77. The third kappa shape index (κ3) is 3.86. The molecule has 0 aliphatic heterocycles. The molecule has 0 atom stereocenters. The van der Waals surface area contributed by atoms with Crippen LogP contribution in [-0.4, -0.2) is 18.1 Å². The molecular weight excluding hydrogens is 297 g/mol. The van der Waals surface area contributed by atoms with Crippen LogP contribution in [0.2, 0.25) is 0 Å². The van der Waals surface area contributed by atoms with Crippen molar-refractivity contribution in [1.29, 1.82) is 0 Å². The maximum absolute atomic E-state index is 14.0. The summed E-state index contributed by atoms with van der Waals surface area (Å²) >= 11 is 0. The fourth-order valence-electron chi connectivity index (χ4n) is 2.02. The first-order valence-electron chi connectivity index (χ1n) is 7.39. The predicted octanol–water partition coefficient (Wildman–Crippen LogP) is 4.49. The number of hydrogen-bond acceptors (Lipinski definition) is 4. The van der Waals surface area contributed by atoms with Crippen LogP contribution in [0.25, 0.3) is 0 Å². The summed E-state index contributed by atoms with van der Waals surface area (Å²) in [5, 5.41) is 0. The van der Waals surface area contributed by atoms with Gasteiger partial charge in [0, 0.05) is 6.20 Å². The summed E-state index contributed by atoms with van der Waals surface area (Å²) in [6.07, 6.45) is 2.23. The molecule has 1 heterocycles. The molecular formula is C18H20FNO3. The maximum atomic E-state index is 14.0. The van der Waals surface area contributed by atoms with E-state index in [1.165, 1.54) is 18.9 Å². The van der Waals surface area contributed by atoms with Gasteiger partial charge in [0.1, 0.15) is 5.75 Å². The minimum atomic E-state index is -0.717. The van der Waals surface area contributed by atoms with Gasteiger partial charge < -0.3 is 9.47 Å². The second-order valence-electron chi connectivity index (χ2n) is 5.87. The predicted molar refractivity (Wildman–Crippen MR) is 85.4 cm³/mol. The third-order valence-electron chi connectivity index (χ3n) is 3.96. The lowest BCUT2D eigenvalue weighted by Gasteiger charge is -2.23. The number of aromatic nitrogens is 1. The monoisotopic (exact) mass is 317 g/mol. The molecule has 2 rings (SSSR count). The number of halogens is 1. The zero-order valence-corrected chi connectivity index (χ0v) is 13.7. The first-order chi connectivity index (χ1) is 10.9. The Labute approximate surface area is 135 Å². The third-order valence-corrected chi connectivity index (χ3v) is 3.96. The summed E-state index contributed by atoms with van der Waals surface area (Å²) in [5.74, 6) is -1.06. The van der Waals surface area contributed by atoms with E-state index in [4.69, 9.17) is 4.74 Å². The Kier molecular flexibility index (Phi) is 4.98. The lowest BCUT2D eigenvalue weighted by Crippen LogP contribution is -2.14. The number of carbonyl (C=O) groups excluding carboxylic acids is 1. The van der Waals surface area contributed by atoms with Crippen LogP contribution in [0.1, 0.15) is 43.1 Å². The lowest BCUT2D eigenvalue weighted by molar-refractivity contribution is 0.0599. The second-order valence-corrected chi connectivity index (χ2v) is 5.87. The van der Waals surface area contributed by atoms with Crippen LogP contribution in [0.4, 0.5) is 4.39 Å². The van der Waals surface area contributed by atoms with E-state index in [2.05, 4.69) is 30.5 Å². The number of pyridine rings is 1. The Morgan fingerprint density at radius 3 is 2.43 bits per heavy atom. The van der Waals surface area contributed by atoms with Crippen LogP contribution in [0, 0.1) is 5.82 Å². The van der Waals surface area contributed by atoms with Gasteiger partial charge in [0.05, 0.1) is 12.7 Å². The number of hydrogen-bond donors (Lipinski definition) is 0. The molecule has 0 amide bonds. The number of carbonyl (C=O) groups is 1. The Hall–Kier alpha value is -2.43. The molecule has 2 aromatic rings. The van der Waals surface area contributed by atoms with Gasteiger partial charge in [0.2, 0.25) is 0 Å². The Balaban J connectivity index is 2.18. The highest BCUT2D eigenvalue weighted by Gasteiger charge is 2.18. The molecule has 0 aliphatic rings. The molecule has 0 fully saturated rings. The summed E-state index contributed by atoms with van der Waals surface area (Å²) in [6.45, 7) is 6.46. The van der Waals surface area contributed by atoms with E-state index < -0.39 is 11.8 Å². The molecule has 0 spiro atoms. The van der Waals surface area contributed by atoms with Crippen molar-refractivity contribution in [2.24, 2.45) is 0 Å². The Morgan fingerprint density at radius 1 is 1.26 bits per heavy atom. The standard InChI is InChI=1S/C18H20FNO3/c1-5-18(2,3)13-6-8-14(9-7-13)23-16-15(19)10-12(11-20-16)17(21)22-4/h6-11H,5H2,1-4H3. The highest BCUT2D eigenvalue weighted by molar-refractivity contribution is 5.88. The van der Waals surface area contributed by atoms with Crippen LogP contribution in [0.3, 0.4) is 0 Å². The molecule has 0 radical (unpaired) electrons. The molecule has 0 saturated carbocycles. The minimum Gasteiger partial charge on any atom is -0.465 e. The average molecular weight is 317 g/mol. The first kappa shape index (κ1) is 16.9. The smallest absolute Gasteiger partial charge is 0.339 e. The summed E-state index contributed by atoms with van der Waals surface area (Å²) in [6, 6.07) is 8.52. The zero-order chi connectivity index (χ0) is 17.0. The van der Waals surface area contributed by atoms with Crippen LogP contribution in [0.15, 0.2) is 36.5 Å². The zero-order valence-electron chi connectivity index (χ0n) is 13.7. The summed E-state index contributed by atoms with van der Waals surface area (Å²) < 4.78 is 23.9. The van der Waals surface area contributed by atoms with Gasteiger partial charge in [-0.25, -0.2) is 14.2 Å². The van der Waals surface area contributed by atoms with Crippen molar-refractivity contribution in [3.63, 3.8) is 0 Å². The van der Waals surface area contributed by atoms with Crippen molar-refractivity contribution < 1.29 is 18.7 Å². The molecule has 4 nitrogen and oxygen atoms in total. The topological polar surface area (TPSA) is 48.4 Å². The van der Waals surface area contributed by atoms with Crippen LogP contribution in [0.5, 0.6) is 11.6 Å². The molecule has 0 unspecified atom stereocenters. The van der Waals surface area contributed by atoms with Crippen molar-refractivity contribution in [3.8, 4) is 11.6 Å². The molecule has 0 saturated heterocycles. The van der Waals surface area contributed by atoms with Crippen molar-refractivity contribution in [3.05, 3.63) is 53.5 Å². The highest BCUT2D eigenvalue weighted by Crippen LogP contribution is 2.29. The van der Waals surface area contributed by atoms with E-state index in [0.29, 0.717) is 5.75 Å². The van der Waals surface area contributed by atoms with E-state index in [1.54, 1.807) is 12.1 Å². The fraction of sp³-hybridized carbons (Fsp3) is 0.333. The number of esters is 1. The fourth-order valence-corrected chi connectivity index (χ4v) is 2.02. The molecule has 1 aromatic heterocycles. The van der Waals surface area contributed by atoms with E-state index in [1.807, 2.05) is 12.1 Å². The Morgan fingerprint density at radius 2 is 1.91 bits per heavy atom. The molecule has 0 bridgehead atoms. The van der Waals surface area contributed by atoms with Gasteiger partial charge in [0.15, 0.2) is 5.82 Å². The molecule has 1 aromatic carbocycles. The van der Waals surface area contributed by atoms with Crippen molar-refractivity contribution in [2.75, 3.05) is 7.11 Å². The van der Waals surface area contributed by atoms with Crippen LogP contribution in [-0.2, 0) is 10.2 Å². The van der Waals surface area contributed by atoms with Gasteiger partial charge >= 0.3 is 5.97 Å². The van der Waals surface area contributed by atoms with Crippen molar-refractivity contribution >= 4 is 5.97 Å². The van der Waals surface area contributed by atoms with Crippen molar-refractivity contribution in [2.45, 2.75) is 32.6 Å². The summed E-state index contributed by atoms with van der Waals surface area (Å²) in [7, 11) is 1.23. The van der Waals surface area contributed by atoms with E-state index in [9.17, 15) is 9.18 Å². The molecule has 0 N–H and O–H groups in total. The van der Waals surface area contributed by atoms with E-state index in [-0.39, 0.29) is 16.9 Å². The van der Waals surface area contributed by atoms with Crippen LogP contribution < -0.4 is 4.74 Å². The SMILES string of the molecule is CCC(C)(C)c1ccc(Oc2ncc(C(=O)OC)cc2F)cc1. The van der Waals surface area contributed by atoms with Gasteiger partial charge in [-0.1, -0.05) is 32.9 Å². The molecule has 122 valence electrons. The largest absolute Gasteiger partial charge is 0.465 e. The maximum Gasteiger partial charge on any atom is 0.339 e. The van der Waals surface area contributed by atoms with Gasteiger partial charge in [-0.15, -0.1) is 0 Å². The quantitative estimate of drug-likeness (QED) is 0.763. The Bertz CT molecular complexity index is 696. The number of benzene rings is 1. The van der Waals surface area contributed by atoms with E-state index >= 15 is 0 Å². The molecule has 23 heavy (non-hydrogen) atoms. The molecule has 0 aliphatic carbocycles. The number of nitrogens with zero attached hydrogens (tertiary/aromatic N) is 1. The number of methoxy groups -OCH3 is 1. The number of ether oxygens (including phenoxy) is 2. The van der Waals surface area contributed by atoms with Gasteiger partial charge in [-0.3, -0.25) is 0 Å². The minimum absolute atomic E-state index is 0.0393. The molecule has 5 heteroatoms. The van der Waals surface area contributed by atoms with Gasteiger partial charge in [-0.05, 0) is 35.6 Å². The van der Waals surface area contributed by atoms with Crippen LogP contribution >= 0.6 is 0 Å². The summed E-state index contributed by atoms with van der Waals surface area (Å²) in [5.41, 5.74) is 1.30. The van der Waals surface area contributed by atoms with E-state index in [0.717, 1.165) is 12.5 Å². The highest BCUT2D eigenvalue weighted by atomic mass is 19.1. The lowest BCUT2D eigenvalue weighted by atomic mass is 9.82. The van der Waals surface area contributed by atoms with Gasteiger partial charge in [-0.2, -0.15) is 0 Å². The van der Waals surface area contributed by atoms with Crippen molar-refractivity contribution in [1.82, 2.24) is 4.98 Å². The normalized spacial score (nSPS) is 11.2. The summed E-state index contributed by atoms with van der Waals surface area (Å²) in [4.78, 5) is 15.2. The van der Waals surface area contributed by atoms with Gasteiger partial charge in [0.25, 0.3) is 5.88 Å². The number of rotatable bonds is 5. The first-order valence-corrected chi connectivity index (χ1v) is 7.39.